The van der Waals surface area contributed by atoms with Crippen molar-refractivity contribution in [3.8, 4) is 17.7 Å². The Kier molecular flexibility index (Phi) is 5.20. The van der Waals surface area contributed by atoms with Crippen molar-refractivity contribution in [3.63, 3.8) is 0 Å². The first-order valence-corrected chi connectivity index (χ1v) is 9.09. The second-order valence-electron chi connectivity index (χ2n) is 6.47. The van der Waals surface area contributed by atoms with Gasteiger partial charge in [0.05, 0.1) is 5.69 Å². The largest absolute Gasteiger partial charge is 0.439 e. The number of hydrogen-bond donors (Lipinski definition) is 0. The van der Waals surface area contributed by atoms with Crippen LogP contribution in [0.2, 0.25) is 0 Å². The number of anilines is 2. The standard InChI is InChI=1S/C21H17F2N5O/c22-15-4-6-16(7-5-15)29-20-8-9-25-21(26-20)28-12-10-27(11-13-28)19-3-1-2-18(23)17(19)14-24/h1-9H,10-13H2. The molecule has 3 aromatic rings. The summed E-state index contributed by atoms with van der Waals surface area (Å²) in [5.74, 6) is 0.513. The monoisotopic (exact) mass is 393 g/mol. The van der Waals surface area contributed by atoms with Gasteiger partial charge in [0.1, 0.15) is 29.0 Å². The summed E-state index contributed by atoms with van der Waals surface area (Å²) in [7, 11) is 0. The number of piperazine rings is 1. The van der Waals surface area contributed by atoms with Crippen molar-refractivity contribution in [3.05, 3.63) is 71.9 Å². The molecule has 29 heavy (non-hydrogen) atoms. The SMILES string of the molecule is N#Cc1c(F)cccc1N1CCN(c2nccc(Oc3ccc(F)cc3)n2)CC1. The first-order chi connectivity index (χ1) is 14.1. The normalized spacial score (nSPS) is 13.8. The zero-order valence-electron chi connectivity index (χ0n) is 15.4. The summed E-state index contributed by atoms with van der Waals surface area (Å²) >= 11 is 0. The van der Waals surface area contributed by atoms with Crippen LogP contribution in [0.15, 0.2) is 54.7 Å². The Morgan fingerprint density at radius 3 is 2.38 bits per heavy atom. The maximum Gasteiger partial charge on any atom is 0.228 e. The average Bonchev–Trinajstić information content (AvgIpc) is 2.75. The van der Waals surface area contributed by atoms with Crippen molar-refractivity contribution in [2.75, 3.05) is 36.0 Å². The molecule has 0 amide bonds. The van der Waals surface area contributed by atoms with Crippen molar-refractivity contribution >= 4 is 11.6 Å². The van der Waals surface area contributed by atoms with E-state index in [0.29, 0.717) is 49.4 Å². The molecule has 0 radical (unpaired) electrons. The van der Waals surface area contributed by atoms with Crippen LogP contribution in [0.5, 0.6) is 11.6 Å². The van der Waals surface area contributed by atoms with E-state index in [9.17, 15) is 14.0 Å². The second kappa shape index (κ2) is 8.10. The Labute approximate surface area is 166 Å². The van der Waals surface area contributed by atoms with Gasteiger partial charge >= 0.3 is 0 Å². The number of rotatable bonds is 4. The quantitative estimate of drug-likeness (QED) is 0.673. The summed E-state index contributed by atoms with van der Waals surface area (Å²) < 4.78 is 32.6. The Bertz CT molecular complexity index is 1040. The molecule has 0 aliphatic carbocycles. The van der Waals surface area contributed by atoms with Gasteiger partial charge < -0.3 is 14.5 Å². The smallest absolute Gasteiger partial charge is 0.228 e. The van der Waals surface area contributed by atoms with Gasteiger partial charge in [-0.25, -0.2) is 13.8 Å². The molecule has 0 N–H and O–H groups in total. The molecule has 2 heterocycles. The second-order valence-corrected chi connectivity index (χ2v) is 6.47. The van der Waals surface area contributed by atoms with Gasteiger partial charge in [0, 0.05) is 38.4 Å². The molecule has 1 aliphatic rings. The molecular weight excluding hydrogens is 376 g/mol. The van der Waals surface area contributed by atoms with E-state index in [1.807, 2.05) is 15.9 Å². The number of hydrogen-bond acceptors (Lipinski definition) is 6. The predicted molar refractivity (Wildman–Crippen MR) is 104 cm³/mol. The molecule has 1 aromatic heterocycles. The third-order valence-electron chi connectivity index (χ3n) is 4.66. The Morgan fingerprint density at radius 2 is 1.66 bits per heavy atom. The zero-order chi connectivity index (χ0) is 20.2. The number of ether oxygens (including phenoxy) is 1. The van der Waals surface area contributed by atoms with Crippen LogP contribution in [-0.4, -0.2) is 36.1 Å². The van der Waals surface area contributed by atoms with Crippen molar-refractivity contribution in [1.29, 1.82) is 5.26 Å². The summed E-state index contributed by atoms with van der Waals surface area (Å²) in [5, 5.41) is 9.24. The highest BCUT2D eigenvalue weighted by Crippen LogP contribution is 2.25. The van der Waals surface area contributed by atoms with Crippen molar-refractivity contribution in [2.24, 2.45) is 0 Å². The Morgan fingerprint density at radius 1 is 0.931 bits per heavy atom. The average molecular weight is 393 g/mol. The van der Waals surface area contributed by atoms with Gasteiger partial charge in [-0.05, 0) is 36.4 Å². The van der Waals surface area contributed by atoms with Crippen LogP contribution in [0.4, 0.5) is 20.4 Å². The minimum Gasteiger partial charge on any atom is -0.439 e. The molecule has 8 heteroatoms. The van der Waals surface area contributed by atoms with Crippen molar-refractivity contribution in [2.45, 2.75) is 0 Å². The number of nitrogens with zero attached hydrogens (tertiary/aromatic N) is 5. The van der Waals surface area contributed by atoms with Crippen LogP contribution >= 0.6 is 0 Å². The number of aromatic nitrogens is 2. The molecule has 1 saturated heterocycles. The number of benzene rings is 2. The molecule has 0 bridgehead atoms. The molecule has 0 saturated carbocycles. The molecule has 0 unspecified atom stereocenters. The third-order valence-corrected chi connectivity index (χ3v) is 4.66. The van der Waals surface area contributed by atoms with Gasteiger partial charge in [0.15, 0.2) is 0 Å². The lowest BCUT2D eigenvalue weighted by atomic mass is 10.1. The van der Waals surface area contributed by atoms with Gasteiger partial charge in [-0.15, -0.1) is 0 Å². The topological polar surface area (TPSA) is 65.3 Å². The number of nitriles is 1. The fourth-order valence-corrected chi connectivity index (χ4v) is 3.20. The summed E-state index contributed by atoms with van der Waals surface area (Å²) in [5.41, 5.74) is 0.661. The molecule has 4 rings (SSSR count). The molecule has 2 aromatic carbocycles. The van der Waals surface area contributed by atoms with Crippen LogP contribution in [0, 0.1) is 23.0 Å². The highest BCUT2D eigenvalue weighted by molar-refractivity contribution is 5.60. The lowest BCUT2D eigenvalue weighted by Gasteiger charge is -2.36. The molecule has 146 valence electrons. The van der Waals surface area contributed by atoms with Gasteiger partial charge in [0.25, 0.3) is 0 Å². The highest BCUT2D eigenvalue weighted by Gasteiger charge is 2.22. The summed E-state index contributed by atoms with van der Waals surface area (Å²) in [4.78, 5) is 12.7. The maximum absolute atomic E-state index is 13.9. The molecule has 6 nitrogen and oxygen atoms in total. The van der Waals surface area contributed by atoms with E-state index in [-0.39, 0.29) is 11.4 Å². The maximum atomic E-state index is 13.9. The van der Waals surface area contributed by atoms with Crippen molar-refractivity contribution in [1.82, 2.24) is 9.97 Å². The van der Waals surface area contributed by atoms with Crippen LogP contribution in [0.3, 0.4) is 0 Å². The van der Waals surface area contributed by atoms with Gasteiger partial charge in [0.2, 0.25) is 11.8 Å². The highest BCUT2D eigenvalue weighted by atomic mass is 19.1. The minimum atomic E-state index is -0.513. The van der Waals surface area contributed by atoms with Crippen LogP contribution in [0.25, 0.3) is 0 Å². The summed E-state index contributed by atoms with van der Waals surface area (Å²) in [6, 6.07) is 13.9. The minimum absolute atomic E-state index is 0.0619. The molecular formula is C21H17F2N5O. The third kappa shape index (κ3) is 4.09. The van der Waals surface area contributed by atoms with Crippen molar-refractivity contribution < 1.29 is 13.5 Å². The van der Waals surface area contributed by atoms with E-state index in [2.05, 4.69) is 9.97 Å². The fraction of sp³-hybridized carbons (Fsp3) is 0.190. The molecule has 1 fully saturated rings. The van der Waals surface area contributed by atoms with Gasteiger partial charge in [-0.2, -0.15) is 10.2 Å². The van der Waals surface area contributed by atoms with E-state index in [1.165, 1.54) is 30.3 Å². The lowest BCUT2D eigenvalue weighted by Crippen LogP contribution is -2.47. The first-order valence-electron chi connectivity index (χ1n) is 9.09. The summed E-state index contributed by atoms with van der Waals surface area (Å²) in [6.45, 7) is 2.43. The molecule has 1 aliphatic heterocycles. The van der Waals surface area contributed by atoms with E-state index in [1.54, 1.807) is 24.4 Å². The van der Waals surface area contributed by atoms with E-state index in [4.69, 9.17) is 4.74 Å². The number of halogens is 2. The Hall–Kier alpha value is -3.73. The molecule has 0 spiro atoms. The molecule has 0 atom stereocenters. The van der Waals surface area contributed by atoms with Gasteiger partial charge in [-0.3, -0.25) is 0 Å². The van der Waals surface area contributed by atoms with Crippen LogP contribution in [-0.2, 0) is 0 Å². The van der Waals surface area contributed by atoms with E-state index >= 15 is 0 Å². The fourth-order valence-electron chi connectivity index (χ4n) is 3.20. The van der Waals surface area contributed by atoms with E-state index < -0.39 is 5.82 Å². The zero-order valence-corrected chi connectivity index (χ0v) is 15.4. The van der Waals surface area contributed by atoms with Gasteiger partial charge in [-0.1, -0.05) is 6.07 Å². The first kappa shape index (κ1) is 18.6. The predicted octanol–water partition coefficient (Wildman–Crippen LogP) is 3.75. The Balaban J connectivity index is 1.44. The van der Waals surface area contributed by atoms with Crippen LogP contribution < -0.4 is 14.5 Å². The lowest BCUT2D eigenvalue weighted by molar-refractivity contribution is 0.458. The summed E-state index contributed by atoms with van der Waals surface area (Å²) in [6.07, 6.45) is 1.61. The van der Waals surface area contributed by atoms with Crippen LogP contribution in [0.1, 0.15) is 5.56 Å². The van der Waals surface area contributed by atoms with E-state index in [0.717, 1.165) is 0 Å².